The first-order chi connectivity index (χ1) is 26.0. The molecule has 0 fully saturated rings. The van der Waals surface area contributed by atoms with Gasteiger partial charge in [0.2, 0.25) is 0 Å². The number of rotatable bonds is 4. The van der Waals surface area contributed by atoms with Crippen molar-refractivity contribution in [1.82, 2.24) is 0 Å². The number of hydrogen-bond donors (Lipinski definition) is 0. The molecule has 53 heavy (non-hydrogen) atoms. The topological polar surface area (TPSA) is 16.4 Å². The molecule has 250 valence electrons. The summed E-state index contributed by atoms with van der Waals surface area (Å²) in [5.41, 5.74) is 12.9. The second kappa shape index (κ2) is 11.2. The standard InChI is InChI=1S/C51H35NO/c1-51(2)47-17-9-7-15-42(47)43-27-25-36(31-48(43)51)52(35-24-26-41-39-13-4-3-11-37(39)38-12-5-6-14-40(38)45(41)30-35)34-22-19-32(20-23-34)33-21-28-50-46(29-33)44-16-8-10-18-49(44)53-50/h3-31H,1-2H3. The van der Waals surface area contributed by atoms with E-state index in [1.54, 1.807) is 0 Å². The highest BCUT2D eigenvalue weighted by Crippen LogP contribution is 2.51. The van der Waals surface area contributed by atoms with E-state index in [1.165, 1.54) is 65.7 Å². The highest BCUT2D eigenvalue weighted by molar-refractivity contribution is 6.25. The van der Waals surface area contributed by atoms with Gasteiger partial charge in [-0.05, 0) is 120 Å². The molecule has 1 aliphatic carbocycles. The number of furan rings is 1. The molecule has 0 aliphatic heterocycles. The van der Waals surface area contributed by atoms with Gasteiger partial charge in [-0.1, -0.05) is 135 Å². The lowest BCUT2D eigenvalue weighted by Crippen LogP contribution is -2.16. The van der Waals surface area contributed by atoms with Crippen LogP contribution in [0.3, 0.4) is 0 Å². The Kier molecular flexibility index (Phi) is 6.33. The van der Waals surface area contributed by atoms with Crippen LogP contribution in [0, 0.1) is 0 Å². The van der Waals surface area contributed by atoms with E-state index in [0.717, 1.165) is 39.0 Å². The van der Waals surface area contributed by atoms with Crippen LogP contribution in [0.5, 0.6) is 0 Å². The highest BCUT2D eigenvalue weighted by atomic mass is 16.3. The minimum Gasteiger partial charge on any atom is -0.456 e. The second-order valence-corrected chi connectivity index (χ2v) is 14.9. The minimum atomic E-state index is -0.105. The van der Waals surface area contributed by atoms with E-state index >= 15 is 0 Å². The molecule has 2 heteroatoms. The summed E-state index contributed by atoms with van der Waals surface area (Å²) in [4.78, 5) is 2.43. The Morgan fingerprint density at radius 3 is 1.64 bits per heavy atom. The van der Waals surface area contributed by atoms with Gasteiger partial charge in [0.15, 0.2) is 0 Å². The summed E-state index contributed by atoms with van der Waals surface area (Å²) in [7, 11) is 0. The Labute approximate surface area is 308 Å². The van der Waals surface area contributed by atoms with Crippen LogP contribution < -0.4 is 4.90 Å². The molecule has 11 rings (SSSR count). The van der Waals surface area contributed by atoms with Crippen LogP contribution in [0.25, 0.3) is 76.5 Å². The molecule has 10 aromatic rings. The van der Waals surface area contributed by atoms with Crippen molar-refractivity contribution in [2.45, 2.75) is 19.3 Å². The Balaban J connectivity index is 1.10. The average molecular weight is 678 g/mol. The van der Waals surface area contributed by atoms with Gasteiger partial charge in [-0.3, -0.25) is 0 Å². The summed E-state index contributed by atoms with van der Waals surface area (Å²) in [5.74, 6) is 0. The first-order valence-electron chi connectivity index (χ1n) is 18.4. The monoisotopic (exact) mass is 677 g/mol. The third-order valence-corrected chi connectivity index (χ3v) is 11.6. The zero-order valence-electron chi connectivity index (χ0n) is 29.6. The van der Waals surface area contributed by atoms with Crippen molar-refractivity contribution in [2.24, 2.45) is 0 Å². The third-order valence-electron chi connectivity index (χ3n) is 11.6. The molecule has 0 N–H and O–H groups in total. The van der Waals surface area contributed by atoms with Crippen molar-refractivity contribution < 1.29 is 4.42 Å². The number of anilines is 3. The summed E-state index contributed by atoms with van der Waals surface area (Å²) in [6, 6.07) is 64.4. The summed E-state index contributed by atoms with van der Waals surface area (Å²) in [6.07, 6.45) is 0. The maximum atomic E-state index is 6.13. The molecule has 0 atom stereocenters. The number of fused-ring (bicyclic) bond motifs is 12. The van der Waals surface area contributed by atoms with E-state index in [2.05, 4.69) is 183 Å². The molecular formula is C51H35NO. The fraction of sp³-hybridized carbons (Fsp3) is 0.0588. The van der Waals surface area contributed by atoms with E-state index < -0.39 is 0 Å². The summed E-state index contributed by atoms with van der Waals surface area (Å²) < 4.78 is 6.13. The number of para-hydroxylation sites is 1. The first kappa shape index (κ1) is 30.0. The zero-order chi connectivity index (χ0) is 35.3. The van der Waals surface area contributed by atoms with Crippen molar-refractivity contribution in [3.05, 3.63) is 187 Å². The van der Waals surface area contributed by atoms with Gasteiger partial charge >= 0.3 is 0 Å². The average Bonchev–Trinajstić information content (AvgIpc) is 3.69. The van der Waals surface area contributed by atoms with Gasteiger partial charge in [-0.25, -0.2) is 0 Å². The van der Waals surface area contributed by atoms with Crippen LogP contribution >= 0.6 is 0 Å². The van der Waals surface area contributed by atoms with E-state index in [4.69, 9.17) is 4.42 Å². The van der Waals surface area contributed by atoms with Crippen LogP contribution in [0.1, 0.15) is 25.0 Å². The lowest BCUT2D eigenvalue weighted by molar-refractivity contribution is 0.660. The highest BCUT2D eigenvalue weighted by Gasteiger charge is 2.35. The summed E-state index contributed by atoms with van der Waals surface area (Å²) >= 11 is 0. The molecular weight excluding hydrogens is 643 g/mol. The maximum Gasteiger partial charge on any atom is 0.135 e. The molecule has 1 aliphatic rings. The van der Waals surface area contributed by atoms with Crippen molar-refractivity contribution in [3.63, 3.8) is 0 Å². The van der Waals surface area contributed by atoms with E-state index in [0.29, 0.717) is 0 Å². The van der Waals surface area contributed by atoms with Gasteiger partial charge in [0.05, 0.1) is 0 Å². The Morgan fingerprint density at radius 1 is 0.358 bits per heavy atom. The minimum absolute atomic E-state index is 0.105. The smallest absolute Gasteiger partial charge is 0.135 e. The van der Waals surface area contributed by atoms with Crippen LogP contribution in [0.15, 0.2) is 180 Å². The van der Waals surface area contributed by atoms with E-state index in [1.807, 2.05) is 12.1 Å². The zero-order valence-corrected chi connectivity index (χ0v) is 29.6. The van der Waals surface area contributed by atoms with Crippen molar-refractivity contribution >= 4 is 71.3 Å². The SMILES string of the molecule is CC1(C)c2ccccc2-c2ccc(N(c3ccc(-c4ccc5oc6ccccc6c5c4)cc3)c3ccc4c5ccccc5c5ccccc5c4c3)cc21. The van der Waals surface area contributed by atoms with Crippen molar-refractivity contribution in [3.8, 4) is 22.3 Å². The lowest BCUT2D eigenvalue weighted by atomic mass is 9.82. The second-order valence-electron chi connectivity index (χ2n) is 14.9. The van der Waals surface area contributed by atoms with Crippen LogP contribution in [-0.4, -0.2) is 0 Å². The molecule has 0 saturated heterocycles. The van der Waals surface area contributed by atoms with Crippen molar-refractivity contribution in [2.75, 3.05) is 4.90 Å². The predicted molar refractivity (Wildman–Crippen MR) is 224 cm³/mol. The normalized spacial score (nSPS) is 13.2. The molecule has 1 aromatic heterocycles. The largest absolute Gasteiger partial charge is 0.456 e. The Morgan fingerprint density at radius 2 is 0.887 bits per heavy atom. The van der Waals surface area contributed by atoms with Crippen molar-refractivity contribution in [1.29, 1.82) is 0 Å². The van der Waals surface area contributed by atoms with E-state index in [-0.39, 0.29) is 5.41 Å². The van der Waals surface area contributed by atoms with Gasteiger partial charge in [-0.15, -0.1) is 0 Å². The molecule has 9 aromatic carbocycles. The quantitative estimate of drug-likeness (QED) is 0.172. The molecule has 0 spiro atoms. The molecule has 0 amide bonds. The van der Waals surface area contributed by atoms with Gasteiger partial charge in [0.25, 0.3) is 0 Å². The Bertz CT molecular complexity index is 3060. The van der Waals surface area contributed by atoms with Gasteiger partial charge in [0, 0.05) is 33.2 Å². The number of nitrogens with zero attached hydrogens (tertiary/aromatic N) is 1. The first-order valence-corrected chi connectivity index (χ1v) is 18.4. The molecule has 2 nitrogen and oxygen atoms in total. The molecule has 0 radical (unpaired) electrons. The van der Waals surface area contributed by atoms with Crippen LogP contribution in [-0.2, 0) is 5.41 Å². The molecule has 1 heterocycles. The Hall–Kier alpha value is -6.64. The molecule has 0 saturated carbocycles. The lowest BCUT2D eigenvalue weighted by Gasteiger charge is -2.28. The third kappa shape index (κ3) is 4.45. The van der Waals surface area contributed by atoms with Crippen LogP contribution in [0.4, 0.5) is 17.1 Å². The van der Waals surface area contributed by atoms with Gasteiger partial charge in [0.1, 0.15) is 11.2 Å². The van der Waals surface area contributed by atoms with Gasteiger partial charge < -0.3 is 9.32 Å². The number of hydrogen-bond acceptors (Lipinski definition) is 2. The maximum absolute atomic E-state index is 6.13. The van der Waals surface area contributed by atoms with Gasteiger partial charge in [-0.2, -0.15) is 0 Å². The predicted octanol–water partition coefficient (Wildman–Crippen LogP) is 14.5. The fourth-order valence-electron chi connectivity index (χ4n) is 9.02. The van der Waals surface area contributed by atoms with E-state index in [9.17, 15) is 0 Å². The van der Waals surface area contributed by atoms with Crippen LogP contribution in [0.2, 0.25) is 0 Å². The molecule has 0 bridgehead atoms. The molecule has 0 unspecified atom stereocenters. The number of benzene rings is 9. The fourth-order valence-corrected chi connectivity index (χ4v) is 9.02. The summed E-state index contributed by atoms with van der Waals surface area (Å²) in [5, 5.41) is 9.93. The summed E-state index contributed by atoms with van der Waals surface area (Å²) in [6.45, 7) is 4.71.